The van der Waals surface area contributed by atoms with Crippen molar-refractivity contribution < 1.29 is 20.0 Å². The second kappa shape index (κ2) is 12.2. The number of allylic oxidation sites excluding steroid dienone is 2. The number of unbranched alkanes of at least 4 members (excludes halogenated alkanes) is 2. The fourth-order valence-corrected chi connectivity index (χ4v) is 6.65. The Morgan fingerprint density at radius 3 is 2.23 bits per heavy atom. The molecule has 0 aliphatic heterocycles. The van der Waals surface area contributed by atoms with E-state index in [1.807, 2.05) is 12.1 Å². The van der Waals surface area contributed by atoms with E-state index in [0.717, 1.165) is 68.9 Å². The van der Waals surface area contributed by atoms with Crippen LogP contribution in [-0.2, 0) is 10.2 Å². The number of para-hydroxylation sites is 1. The zero-order chi connectivity index (χ0) is 28.1. The number of amides is 1. The summed E-state index contributed by atoms with van der Waals surface area (Å²) < 4.78 is 0. The minimum absolute atomic E-state index is 0.00860. The number of hydrogen-bond acceptors (Lipinski definition) is 5. The third-order valence-corrected chi connectivity index (χ3v) is 8.67. The van der Waals surface area contributed by atoms with Crippen LogP contribution >= 0.6 is 0 Å². The summed E-state index contributed by atoms with van der Waals surface area (Å²) in [5, 5.41) is 21.9. The van der Waals surface area contributed by atoms with Crippen LogP contribution in [-0.4, -0.2) is 28.1 Å². The summed E-state index contributed by atoms with van der Waals surface area (Å²) in [4.78, 5) is 26.0. The standard InChI is InChI=1S/C34H38N2O4/c1-24(37)34(30-18-7-4-15-27(30)28-16-5-8-19-31(28)34)23-10-2-3-12-25-13-11-14-26(22-21-25)35-33(38)29-17-6-9-20-32(29)36(39)40/h4-9,12,15-20,26,39-40H,2-3,10-11,13-14,21-23H2,1H3,(H,35,38). The zero-order valence-corrected chi connectivity index (χ0v) is 23.1. The fraction of sp³-hybridized carbons (Fsp3) is 0.353. The van der Waals surface area contributed by atoms with Gasteiger partial charge in [-0.05, 0) is 92.7 Å². The van der Waals surface area contributed by atoms with E-state index >= 15 is 0 Å². The number of anilines is 1. The average Bonchev–Trinajstić information content (AvgIpc) is 3.07. The van der Waals surface area contributed by atoms with E-state index in [2.05, 4.69) is 47.8 Å². The molecule has 1 saturated carbocycles. The predicted octanol–water partition coefficient (Wildman–Crippen LogP) is 7.38. The highest BCUT2D eigenvalue weighted by Crippen LogP contribution is 2.51. The number of Topliss-reactive ketones (excluding diaryl/α,β-unsaturated/α-hetero) is 1. The van der Waals surface area contributed by atoms with Gasteiger partial charge < -0.3 is 5.32 Å². The molecule has 1 fully saturated rings. The molecule has 40 heavy (non-hydrogen) atoms. The number of carbonyl (C=O) groups is 2. The number of nitrogens with zero attached hydrogens (tertiary/aromatic N) is 1. The maximum absolute atomic E-state index is 13.2. The number of benzene rings is 3. The van der Waals surface area contributed by atoms with Gasteiger partial charge in [-0.25, -0.2) is 0 Å². The Bertz CT molecular complexity index is 1360. The molecule has 2 aliphatic rings. The Kier molecular flexibility index (Phi) is 8.48. The molecule has 6 heteroatoms. The van der Waals surface area contributed by atoms with Crippen molar-refractivity contribution in [2.45, 2.75) is 76.2 Å². The predicted molar refractivity (Wildman–Crippen MR) is 157 cm³/mol. The monoisotopic (exact) mass is 538 g/mol. The molecular formula is C34H38N2O4. The van der Waals surface area contributed by atoms with Gasteiger partial charge in [-0.15, -0.1) is 5.23 Å². The van der Waals surface area contributed by atoms with E-state index in [-0.39, 0.29) is 34.2 Å². The first-order chi connectivity index (χ1) is 19.4. The van der Waals surface area contributed by atoms with Gasteiger partial charge in [0.15, 0.2) is 0 Å². The molecule has 1 atom stereocenters. The summed E-state index contributed by atoms with van der Waals surface area (Å²) in [5.74, 6) is -0.0796. The molecule has 0 saturated heterocycles. The Morgan fingerprint density at radius 1 is 0.900 bits per heavy atom. The van der Waals surface area contributed by atoms with E-state index in [0.29, 0.717) is 0 Å². The lowest BCUT2D eigenvalue weighted by molar-refractivity contribution is -0.121. The summed E-state index contributed by atoms with van der Waals surface area (Å²) in [6, 6.07) is 23.2. The van der Waals surface area contributed by atoms with Crippen LogP contribution < -0.4 is 10.5 Å². The largest absolute Gasteiger partial charge is 0.349 e. The fourth-order valence-electron chi connectivity index (χ4n) is 6.65. The van der Waals surface area contributed by atoms with Crippen LogP contribution in [0, 0.1) is 0 Å². The highest BCUT2D eigenvalue weighted by atomic mass is 16.8. The quantitative estimate of drug-likeness (QED) is 0.114. The Hall–Kier alpha value is -3.74. The Balaban J connectivity index is 1.16. The van der Waals surface area contributed by atoms with Crippen LogP contribution in [0.1, 0.15) is 86.2 Å². The Labute approximate surface area is 236 Å². The molecule has 3 aromatic carbocycles. The summed E-state index contributed by atoms with van der Waals surface area (Å²) in [6.07, 6.45) is 10.9. The molecule has 0 aromatic heterocycles. The van der Waals surface area contributed by atoms with Crippen molar-refractivity contribution in [2.75, 3.05) is 5.23 Å². The highest BCUT2D eigenvalue weighted by molar-refractivity contribution is 6.01. The van der Waals surface area contributed by atoms with Gasteiger partial charge in [-0.2, -0.15) is 0 Å². The highest BCUT2D eigenvalue weighted by Gasteiger charge is 2.46. The lowest BCUT2D eigenvalue weighted by atomic mass is 9.71. The van der Waals surface area contributed by atoms with Crippen molar-refractivity contribution in [3.05, 3.63) is 101 Å². The first-order valence-corrected chi connectivity index (χ1v) is 14.4. The minimum Gasteiger partial charge on any atom is -0.349 e. The van der Waals surface area contributed by atoms with Gasteiger partial charge in [0.25, 0.3) is 5.91 Å². The van der Waals surface area contributed by atoms with Gasteiger partial charge in [0, 0.05) is 6.04 Å². The molecule has 2 aliphatic carbocycles. The number of hydrogen-bond donors (Lipinski definition) is 3. The molecule has 0 spiro atoms. The van der Waals surface area contributed by atoms with Crippen LogP contribution in [0.4, 0.5) is 5.69 Å². The second-order valence-corrected chi connectivity index (χ2v) is 11.1. The zero-order valence-electron chi connectivity index (χ0n) is 23.1. The molecule has 1 unspecified atom stereocenters. The molecule has 5 rings (SSSR count). The van der Waals surface area contributed by atoms with Gasteiger partial charge in [0.05, 0.1) is 11.0 Å². The third kappa shape index (κ3) is 5.47. The smallest absolute Gasteiger partial charge is 0.253 e. The van der Waals surface area contributed by atoms with Crippen molar-refractivity contribution in [1.29, 1.82) is 0 Å². The van der Waals surface area contributed by atoms with Gasteiger partial charge in [0.1, 0.15) is 11.5 Å². The topological polar surface area (TPSA) is 89.9 Å². The third-order valence-electron chi connectivity index (χ3n) is 8.67. The molecule has 3 N–H and O–H groups in total. The lowest BCUT2D eigenvalue weighted by Crippen LogP contribution is -2.35. The van der Waals surface area contributed by atoms with Gasteiger partial charge >= 0.3 is 0 Å². The van der Waals surface area contributed by atoms with Gasteiger partial charge in [-0.1, -0.05) is 78.7 Å². The van der Waals surface area contributed by atoms with E-state index in [1.165, 1.54) is 22.8 Å². The number of fused-ring (bicyclic) bond motifs is 3. The molecule has 0 heterocycles. The molecule has 1 amide bonds. The second-order valence-electron chi connectivity index (χ2n) is 11.1. The number of ketones is 1. The van der Waals surface area contributed by atoms with Crippen LogP contribution in [0.3, 0.4) is 0 Å². The van der Waals surface area contributed by atoms with Crippen molar-refractivity contribution >= 4 is 17.4 Å². The number of carbonyl (C=O) groups excluding carboxylic acids is 2. The first kappa shape index (κ1) is 27.8. The number of rotatable bonds is 9. The van der Waals surface area contributed by atoms with Crippen LogP contribution in [0.2, 0.25) is 0 Å². The van der Waals surface area contributed by atoms with E-state index in [1.54, 1.807) is 25.1 Å². The minimum atomic E-state index is -0.560. The summed E-state index contributed by atoms with van der Waals surface area (Å²) >= 11 is 0. The van der Waals surface area contributed by atoms with Gasteiger partial charge in [0.2, 0.25) is 0 Å². The Morgan fingerprint density at radius 2 is 1.55 bits per heavy atom. The molecule has 208 valence electrons. The SMILES string of the molecule is CC(=O)C1(CCCCC=C2CCCC(NC(=O)c3ccccc3N(O)O)CC2)c2ccccc2-c2ccccc21. The van der Waals surface area contributed by atoms with E-state index < -0.39 is 5.41 Å². The molecule has 0 radical (unpaired) electrons. The van der Waals surface area contributed by atoms with Crippen LogP contribution in [0.25, 0.3) is 11.1 Å². The maximum Gasteiger partial charge on any atom is 0.253 e. The van der Waals surface area contributed by atoms with Crippen molar-refractivity contribution in [3.8, 4) is 11.1 Å². The van der Waals surface area contributed by atoms with Crippen molar-refractivity contribution in [1.82, 2.24) is 5.32 Å². The van der Waals surface area contributed by atoms with Crippen molar-refractivity contribution in [2.24, 2.45) is 0 Å². The van der Waals surface area contributed by atoms with Crippen molar-refractivity contribution in [3.63, 3.8) is 0 Å². The molecule has 3 aromatic rings. The summed E-state index contributed by atoms with van der Waals surface area (Å²) in [5.41, 5.74) is 5.84. The van der Waals surface area contributed by atoms with Crippen LogP contribution in [0.5, 0.6) is 0 Å². The molecule has 6 nitrogen and oxygen atoms in total. The van der Waals surface area contributed by atoms with E-state index in [4.69, 9.17) is 0 Å². The van der Waals surface area contributed by atoms with Gasteiger partial charge in [-0.3, -0.25) is 20.0 Å². The van der Waals surface area contributed by atoms with E-state index in [9.17, 15) is 20.0 Å². The lowest BCUT2D eigenvalue weighted by Gasteiger charge is -2.29. The first-order valence-electron chi connectivity index (χ1n) is 14.4. The maximum atomic E-state index is 13.2. The molecule has 0 bridgehead atoms. The molecular weight excluding hydrogens is 500 g/mol. The summed E-state index contributed by atoms with van der Waals surface area (Å²) in [7, 11) is 0. The summed E-state index contributed by atoms with van der Waals surface area (Å²) in [6.45, 7) is 1.74. The van der Waals surface area contributed by atoms with Crippen LogP contribution in [0.15, 0.2) is 84.4 Å². The number of nitrogens with one attached hydrogen (secondary N) is 1. The average molecular weight is 539 g/mol. The normalized spacial score (nSPS) is 18.5.